The van der Waals surface area contributed by atoms with Crippen LogP contribution in [0.1, 0.15) is 49.2 Å². The van der Waals surface area contributed by atoms with Gasteiger partial charge in [0.1, 0.15) is 11.5 Å². The Hall–Kier alpha value is -4.48. The van der Waals surface area contributed by atoms with Gasteiger partial charge in [-0.25, -0.2) is 9.18 Å². The third-order valence-corrected chi connectivity index (χ3v) is 6.99. The number of rotatable bonds is 11. The molecular weight excluding hydrogens is 555 g/mol. The SMILES string of the molecule is Cc1c(Cn2c(C)ccc(NC(=O)[C@H](CC/C=C/C(=O)N(C)C)OC(=O)N(C)C)c2=O)[nH]c2c(CC(C)C)c(F)cnc12. The predicted octanol–water partition coefficient (Wildman–Crippen LogP) is 4.16. The molecule has 3 aromatic rings. The summed E-state index contributed by atoms with van der Waals surface area (Å²) in [5.74, 6) is -1.03. The van der Waals surface area contributed by atoms with Gasteiger partial charge in [0, 0.05) is 45.1 Å². The summed E-state index contributed by atoms with van der Waals surface area (Å²) in [6, 6.07) is 3.20. The number of ether oxygens (including phenoxy) is 1. The highest BCUT2D eigenvalue weighted by molar-refractivity contribution is 5.95. The number of hydrogen-bond acceptors (Lipinski definition) is 6. The Labute approximate surface area is 250 Å². The lowest BCUT2D eigenvalue weighted by atomic mass is 10.0. The number of carbonyl (C=O) groups is 3. The average molecular weight is 597 g/mol. The number of H-pyrrole nitrogens is 1. The molecule has 0 aliphatic carbocycles. The Morgan fingerprint density at radius 2 is 1.84 bits per heavy atom. The first kappa shape index (κ1) is 33.0. The summed E-state index contributed by atoms with van der Waals surface area (Å²) < 4.78 is 21.6. The summed E-state index contributed by atoms with van der Waals surface area (Å²) >= 11 is 0. The maximum absolute atomic E-state index is 14.7. The van der Waals surface area contributed by atoms with Gasteiger partial charge in [-0.1, -0.05) is 19.9 Å². The largest absolute Gasteiger partial charge is 0.436 e. The molecule has 0 aliphatic heterocycles. The van der Waals surface area contributed by atoms with Crippen molar-refractivity contribution in [2.75, 3.05) is 33.5 Å². The van der Waals surface area contributed by atoms with E-state index in [-0.39, 0.29) is 42.7 Å². The molecule has 3 amide bonds. The van der Waals surface area contributed by atoms with E-state index >= 15 is 0 Å². The molecule has 0 radical (unpaired) electrons. The van der Waals surface area contributed by atoms with Crippen LogP contribution in [0.4, 0.5) is 14.9 Å². The quantitative estimate of drug-likeness (QED) is 0.320. The molecule has 0 bridgehead atoms. The van der Waals surface area contributed by atoms with Crippen molar-refractivity contribution in [3.05, 3.63) is 69.2 Å². The zero-order chi connectivity index (χ0) is 32.0. The molecule has 3 rings (SSSR count). The smallest absolute Gasteiger partial charge is 0.410 e. The molecule has 0 saturated heterocycles. The lowest BCUT2D eigenvalue weighted by molar-refractivity contribution is -0.125. The summed E-state index contributed by atoms with van der Waals surface area (Å²) in [7, 11) is 6.23. The molecule has 11 nitrogen and oxygen atoms in total. The lowest BCUT2D eigenvalue weighted by Gasteiger charge is -2.20. The Morgan fingerprint density at radius 3 is 2.47 bits per heavy atom. The molecule has 2 N–H and O–H groups in total. The number of carbonyl (C=O) groups excluding carboxylic acids is 3. The zero-order valence-electron chi connectivity index (χ0n) is 26.1. The van der Waals surface area contributed by atoms with Crippen LogP contribution in [-0.2, 0) is 27.3 Å². The van der Waals surface area contributed by atoms with Gasteiger partial charge < -0.3 is 29.4 Å². The fraction of sp³-hybridized carbons (Fsp3) is 0.452. The molecule has 3 heterocycles. The molecule has 1 atom stereocenters. The van der Waals surface area contributed by atoms with Crippen molar-refractivity contribution < 1.29 is 23.5 Å². The van der Waals surface area contributed by atoms with Gasteiger partial charge in [0.15, 0.2) is 6.10 Å². The Kier molecular flexibility index (Phi) is 10.8. The first-order valence-electron chi connectivity index (χ1n) is 14.1. The van der Waals surface area contributed by atoms with E-state index in [2.05, 4.69) is 15.3 Å². The number of allylic oxidation sites excluding steroid dienone is 1. The number of pyridine rings is 2. The molecule has 43 heavy (non-hydrogen) atoms. The summed E-state index contributed by atoms with van der Waals surface area (Å²) in [5.41, 5.74) is 3.52. The van der Waals surface area contributed by atoms with Crippen LogP contribution in [0.2, 0.25) is 0 Å². The summed E-state index contributed by atoms with van der Waals surface area (Å²) in [6.45, 7) is 7.81. The van der Waals surface area contributed by atoms with E-state index in [9.17, 15) is 23.6 Å². The minimum absolute atomic E-state index is 0.0123. The summed E-state index contributed by atoms with van der Waals surface area (Å²) in [4.78, 5) is 61.1. The van der Waals surface area contributed by atoms with Gasteiger partial charge in [-0.3, -0.25) is 19.4 Å². The van der Waals surface area contributed by atoms with Crippen LogP contribution in [0.3, 0.4) is 0 Å². The third-order valence-electron chi connectivity index (χ3n) is 6.99. The number of fused-ring (bicyclic) bond motifs is 1. The second-order valence-electron chi connectivity index (χ2n) is 11.4. The second kappa shape index (κ2) is 14.1. The minimum Gasteiger partial charge on any atom is -0.436 e. The van der Waals surface area contributed by atoms with E-state index in [4.69, 9.17) is 4.74 Å². The van der Waals surface area contributed by atoms with Crippen LogP contribution in [-0.4, -0.2) is 76.5 Å². The highest BCUT2D eigenvalue weighted by atomic mass is 19.1. The van der Waals surface area contributed by atoms with Crippen molar-refractivity contribution in [1.29, 1.82) is 0 Å². The lowest BCUT2D eigenvalue weighted by Crippen LogP contribution is -2.38. The van der Waals surface area contributed by atoms with Crippen LogP contribution in [0.25, 0.3) is 11.0 Å². The first-order valence-corrected chi connectivity index (χ1v) is 14.1. The number of nitrogens with zero attached hydrogens (tertiary/aromatic N) is 4. The van der Waals surface area contributed by atoms with Crippen LogP contribution in [0.15, 0.2) is 35.3 Å². The molecule has 232 valence electrons. The number of hydrogen-bond donors (Lipinski definition) is 2. The molecule has 0 fully saturated rings. The third kappa shape index (κ3) is 8.08. The first-order chi connectivity index (χ1) is 20.2. The van der Waals surface area contributed by atoms with Gasteiger partial charge >= 0.3 is 6.09 Å². The monoisotopic (exact) mass is 596 g/mol. The molecule has 12 heteroatoms. The number of aromatic amines is 1. The molecule has 3 aromatic heterocycles. The highest BCUT2D eigenvalue weighted by Gasteiger charge is 2.25. The number of likely N-dealkylation sites (N-methyl/N-ethyl adjacent to an activating group) is 1. The van der Waals surface area contributed by atoms with Crippen LogP contribution < -0.4 is 10.9 Å². The van der Waals surface area contributed by atoms with Gasteiger partial charge in [0.25, 0.3) is 11.5 Å². The van der Waals surface area contributed by atoms with E-state index in [0.29, 0.717) is 34.4 Å². The second-order valence-corrected chi connectivity index (χ2v) is 11.4. The maximum atomic E-state index is 14.7. The maximum Gasteiger partial charge on any atom is 0.410 e. The molecule has 0 saturated carbocycles. The number of anilines is 1. The van der Waals surface area contributed by atoms with Gasteiger partial charge in [0.2, 0.25) is 5.91 Å². The number of aromatic nitrogens is 3. The fourth-order valence-corrected chi connectivity index (χ4v) is 4.48. The topological polar surface area (TPSA) is 130 Å². The van der Waals surface area contributed by atoms with Gasteiger partial charge in [-0.05, 0) is 62.8 Å². The predicted molar refractivity (Wildman–Crippen MR) is 164 cm³/mol. The average Bonchev–Trinajstić information content (AvgIpc) is 3.25. The van der Waals surface area contributed by atoms with Gasteiger partial charge in [0.05, 0.1) is 23.8 Å². The number of amides is 3. The van der Waals surface area contributed by atoms with E-state index in [1.54, 1.807) is 33.2 Å². The van der Waals surface area contributed by atoms with Crippen LogP contribution >= 0.6 is 0 Å². The molecular formula is C31H41FN6O5. The van der Waals surface area contributed by atoms with Crippen molar-refractivity contribution in [1.82, 2.24) is 24.3 Å². The van der Waals surface area contributed by atoms with Gasteiger partial charge in [-0.15, -0.1) is 0 Å². The minimum atomic E-state index is -1.21. The number of nitrogens with one attached hydrogen (secondary N) is 2. The summed E-state index contributed by atoms with van der Waals surface area (Å²) in [5, 5.41) is 2.62. The van der Waals surface area contributed by atoms with Crippen LogP contribution in [0.5, 0.6) is 0 Å². The number of halogens is 1. The normalized spacial score (nSPS) is 12.1. The molecule has 0 spiro atoms. The Morgan fingerprint density at radius 1 is 1.14 bits per heavy atom. The van der Waals surface area contributed by atoms with Gasteiger partial charge in [-0.2, -0.15) is 0 Å². The Balaban J connectivity index is 1.88. The van der Waals surface area contributed by atoms with Crippen LogP contribution in [0, 0.1) is 25.6 Å². The van der Waals surface area contributed by atoms with E-state index in [0.717, 1.165) is 5.56 Å². The Bertz CT molecular complexity index is 1590. The van der Waals surface area contributed by atoms with E-state index in [1.807, 2.05) is 20.8 Å². The van der Waals surface area contributed by atoms with Crippen molar-refractivity contribution in [2.45, 2.75) is 59.6 Å². The molecule has 0 unspecified atom stereocenters. The summed E-state index contributed by atoms with van der Waals surface area (Å²) in [6.07, 6.45) is 3.19. The van der Waals surface area contributed by atoms with Crippen molar-refractivity contribution in [2.24, 2.45) is 5.92 Å². The molecule has 0 aliphatic rings. The highest BCUT2D eigenvalue weighted by Crippen LogP contribution is 2.27. The standard InChI is InChI=1S/C31H41FN6O5/c1-18(2)15-21-22(32)16-33-27-20(4)24(34-28(21)27)17-38-19(3)13-14-23(30(38)41)35-29(40)25(43-31(42)37(7)8)11-9-10-12-26(39)36(5)6/h10,12-14,16,18,25,34H,9,11,15,17H2,1-8H3,(H,35,40)/b12-10+/t25-/m0/s1. The van der Waals surface area contributed by atoms with Crippen molar-refractivity contribution in [3.63, 3.8) is 0 Å². The van der Waals surface area contributed by atoms with Crippen molar-refractivity contribution in [3.8, 4) is 0 Å². The van der Waals surface area contributed by atoms with Crippen molar-refractivity contribution >= 4 is 34.6 Å². The zero-order valence-corrected chi connectivity index (χ0v) is 26.1. The number of aryl methyl sites for hydroxylation is 2. The molecule has 0 aromatic carbocycles. The van der Waals surface area contributed by atoms with E-state index < -0.39 is 23.7 Å². The fourth-order valence-electron chi connectivity index (χ4n) is 4.48. The van der Waals surface area contributed by atoms with E-state index in [1.165, 1.54) is 46.8 Å².